The fourth-order valence-corrected chi connectivity index (χ4v) is 4.12. The molecule has 2 aliphatic carbocycles. The van der Waals surface area contributed by atoms with Gasteiger partial charge in [-0.2, -0.15) is 0 Å². The molecule has 0 aromatic heterocycles. The fourth-order valence-electron chi connectivity index (χ4n) is 4.12. The standard InChI is InChI=1S/C23H25N/c1-24(2)21-15-20-10-5-6-13-22(20)23(16-21)19-12-7-11-18(14-19)17-8-3-4-9-17/h3-8,10-14,21,23H,9,15-16H2,1-2H3. The normalized spacial score (nSPS) is 22.5. The SMILES string of the molecule is CN(C)C1Cc2ccccc2C(c2cccc(C3=CC=CC3)c2)C1. The minimum absolute atomic E-state index is 0.497. The molecule has 1 nitrogen and oxygen atoms in total. The van der Waals surface area contributed by atoms with Crippen LogP contribution < -0.4 is 0 Å². The van der Waals surface area contributed by atoms with Gasteiger partial charge in [-0.05, 0) is 61.2 Å². The Hall–Kier alpha value is -2.12. The highest BCUT2D eigenvalue weighted by molar-refractivity contribution is 5.71. The van der Waals surface area contributed by atoms with Crippen molar-refractivity contribution in [2.45, 2.75) is 31.2 Å². The Kier molecular flexibility index (Phi) is 4.12. The van der Waals surface area contributed by atoms with Crippen LogP contribution in [0.4, 0.5) is 0 Å². The number of nitrogens with zero attached hydrogens (tertiary/aromatic N) is 1. The van der Waals surface area contributed by atoms with E-state index in [4.69, 9.17) is 0 Å². The molecule has 0 bridgehead atoms. The molecule has 24 heavy (non-hydrogen) atoms. The van der Waals surface area contributed by atoms with Gasteiger partial charge in [0.15, 0.2) is 0 Å². The number of hydrogen-bond acceptors (Lipinski definition) is 1. The largest absolute Gasteiger partial charge is 0.306 e. The third-order valence-corrected chi connectivity index (χ3v) is 5.56. The van der Waals surface area contributed by atoms with E-state index in [0.29, 0.717) is 12.0 Å². The number of hydrogen-bond donors (Lipinski definition) is 0. The van der Waals surface area contributed by atoms with Crippen LogP contribution in [0.1, 0.15) is 41.0 Å². The lowest BCUT2D eigenvalue weighted by atomic mass is 9.76. The van der Waals surface area contributed by atoms with Crippen molar-refractivity contribution in [2.75, 3.05) is 14.1 Å². The third kappa shape index (κ3) is 2.85. The van der Waals surface area contributed by atoms with Crippen molar-refractivity contribution >= 4 is 5.57 Å². The summed E-state index contributed by atoms with van der Waals surface area (Å²) in [5, 5.41) is 0. The van der Waals surface area contributed by atoms with Gasteiger partial charge in [0.2, 0.25) is 0 Å². The highest BCUT2D eigenvalue weighted by Crippen LogP contribution is 2.39. The maximum Gasteiger partial charge on any atom is 0.0139 e. The topological polar surface area (TPSA) is 3.24 Å². The second-order valence-electron chi connectivity index (χ2n) is 7.26. The summed E-state index contributed by atoms with van der Waals surface area (Å²) in [6, 6.07) is 18.8. The summed E-state index contributed by atoms with van der Waals surface area (Å²) >= 11 is 0. The fraction of sp³-hybridized carbons (Fsp3) is 0.304. The first-order valence-corrected chi connectivity index (χ1v) is 8.92. The van der Waals surface area contributed by atoms with Crippen LogP contribution in [0.5, 0.6) is 0 Å². The van der Waals surface area contributed by atoms with Gasteiger partial charge in [-0.15, -0.1) is 0 Å². The summed E-state index contributed by atoms with van der Waals surface area (Å²) in [4.78, 5) is 2.39. The Morgan fingerprint density at radius 1 is 1.00 bits per heavy atom. The lowest BCUT2D eigenvalue weighted by molar-refractivity contribution is 0.258. The molecule has 0 saturated carbocycles. The van der Waals surface area contributed by atoms with Gasteiger partial charge in [0.05, 0.1) is 0 Å². The molecule has 0 aliphatic heterocycles. The summed E-state index contributed by atoms with van der Waals surface area (Å²) in [5.74, 6) is 0.497. The van der Waals surface area contributed by atoms with Crippen molar-refractivity contribution in [3.63, 3.8) is 0 Å². The van der Waals surface area contributed by atoms with Crippen LogP contribution in [0, 0.1) is 0 Å². The molecule has 0 radical (unpaired) electrons. The molecule has 0 saturated heterocycles. The number of likely N-dealkylation sites (N-methyl/N-ethyl adjacent to an activating group) is 1. The molecule has 122 valence electrons. The van der Waals surface area contributed by atoms with Crippen LogP contribution >= 0.6 is 0 Å². The molecule has 0 amide bonds. The highest BCUT2D eigenvalue weighted by atomic mass is 15.1. The molecular weight excluding hydrogens is 290 g/mol. The van der Waals surface area contributed by atoms with Crippen molar-refractivity contribution in [1.29, 1.82) is 0 Å². The van der Waals surface area contributed by atoms with Crippen molar-refractivity contribution in [3.8, 4) is 0 Å². The van der Waals surface area contributed by atoms with E-state index >= 15 is 0 Å². The predicted octanol–water partition coefficient (Wildman–Crippen LogP) is 5.04. The Labute approximate surface area is 145 Å². The molecule has 2 aliphatic rings. The Balaban J connectivity index is 1.73. The van der Waals surface area contributed by atoms with Crippen LogP contribution in [-0.4, -0.2) is 25.0 Å². The molecule has 2 aromatic carbocycles. The average Bonchev–Trinajstić information content (AvgIpc) is 3.15. The second-order valence-corrected chi connectivity index (χ2v) is 7.26. The molecular formula is C23H25N. The van der Waals surface area contributed by atoms with E-state index in [0.717, 1.165) is 12.8 Å². The maximum atomic E-state index is 2.42. The van der Waals surface area contributed by atoms with E-state index in [2.05, 4.69) is 85.8 Å². The monoisotopic (exact) mass is 315 g/mol. The molecule has 0 spiro atoms. The number of fused-ring (bicyclic) bond motifs is 1. The lowest BCUT2D eigenvalue weighted by Crippen LogP contribution is -2.35. The quantitative estimate of drug-likeness (QED) is 0.767. The maximum absolute atomic E-state index is 2.42. The number of allylic oxidation sites excluding steroid dienone is 4. The lowest BCUT2D eigenvalue weighted by Gasteiger charge is -2.35. The van der Waals surface area contributed by atoms with Gasteiger partial charge in [0.25, 0.3) is 0 Å². The Bertz CT molecular complexity index is 797. The van der Waals surface area contributed by atoms with E-state index in [1.165, 1.54) is 34.2 Å². The molecule has 0 N–H and O–H groups in total. The molecule has 2 aromatic rings. The van der Waals surface area contributed by atoms with Crippen molar-refractivity contribution in [1.82, 2.24) is 4.90 Å². The van der Waals surface area contributed by atoms with Crippen molar-refractivity contribution in [2.24, 2.45) is 0 Å². The van der Waals surface area contributed by atoms with Crippen LogP contribution in [0.25, 0.3) is 5.57 Å². The summed E-state index contributed by atoms with van der Waals surface area (Å²) in [7, 11) is 4.42. The van der Waals surface area contributed by atoms with Crippen LogP contribution in [0.15, 0.2) is 66.8 Å². The van der Waals surface area contributed by atoms with Crippen molar-refractivity contribution < 1.29 is 0 Å². The van der Waals surface area contributed by atoms with E-state index in [1.54, 1.807) is 0 Å². The van der Waals surface area contributed by atoms with Gasteiger partial charge < -0.3 is 4.90 Å². The number of rotatable bonds is 3. The van der Waals surface area contributed by atoms with Gasteiger partial charge in [-0.1, -0.05) is 66.8 Å². The second kappa shape index (κ2) is 6.41. The van der Waals surface area contributed by atoms with Gasteiger partial charge >= 0.3 is 0 Å². The summed E-state index contributed by atoms with van der Waals surface area (Å²) in [6.45, 7) is 0. The zero-order chi connectivity index (χ0) is 16.5. The number of benzene rings is 2. The smallest absolute Gasteiger partial charge is 0.0139 e. The molecule has 0 fully saturated rings. The summed E-state index contributed by atoms with van der Waals surface area (Å²) < 4.78 is 0. The zero-order valence-corrected chi connectivity index (χ0v) is 14.6. The zero-order valence-electron chi connectivity index (χ0n) is 14.6. The van der Waals surface area contributed by atoms with E-state index in [9.17, 15) is 0 Å². The first-order valence-electron chi connectivity index (χ1n) is 8.92. The molecule has 1 heteroatoms. The highest BCUT2D eigenvalue weighted by Gasteiger charge is 2.29. The van der Waals surface area contributed by atoms with Crippen LogP contribution in [0.2, 0.25) is 0 Å². The molecule has 2 atom stereocenters. The van der Waals surface area contributed by atoms with E-state index < -0.39 is 0 Å². The molecule has 2 unspecified atom stereocenters. The van der Waals surface area contributed by atoms with Crippen LogP contribution in [0.3, 0.4) is 0 Å². The van der Waals surface area contributed by atoms with Gasteiger partial charge in [0.1, 0.15) is 0 Å². The Morgan fingerprint density at radius 2 is 1.88 bits per heavy atom. The van der Waals surface area contributed by atoms with Gasteiger partial charge in [0, 0.05) is 12.0 Å². The third-order valence-electron chi connectivity index (χ3n) is 5.56. The summed E-state index contributed by atoms with van der Waals surface area (Å²) in [6.07, 6.45) is 10.1. The molecule has 0 heterocycles. The Morgan fingerprint density at radius 3 is 2.67 bits per heavy atom. The minimum Gasteiger partial charge on any atom is -0.306 e. The van der Waals surface area contributed by atoms with Gasteiger partial charge in [-0.25, -0.2) is 0 Å². The average molecular weight is 315 g/mol. The summed E-state index contributed by atoms with van der Waals surface area (Å²) in [5.41, 5.74) is 7.30. The molecule has 4 rings (SSSR count). The first-order chi connectivity index (χ1) is 11.7. The van der Waals surface area contributed by atoms with E-state index in [-0.39, 0.29) is 0 Å². The predicted molar refractivity (Wildman–Crippen MR) is 102 cm³/mol. The van der Waals surface area contributed by atoms with Crippen LogP contribution in [-0.2, 0) is 6.42 Å². The van der Waals surface area contributed by atoms with Crippen molar-refractivity contribution in [3.05, 3.63) is 89.0 Å². The minimum atomic E-state index is 0.497. The first kappa shape index (κ1) is 15.4. The van der Waals surface area contributed by atoms with Gasteiger partial charge in [-0.3, -0.25) is 0 Å². The van der Waals surface area contributed by atoms with E-state index in [1.807, 2.05) is 0 Å².